The van der Waals surface area contributed by atoms with Crippen LogP contribution in [0.1, 0.15) is 13.3 Å². The van der Waals surface area contributed by atoms with Gasteiger partial charge in [-0.2, -0.15) is 4.98 Å². The fraction of sp³-hybridized carbons (Fsp3) is 0.444. The number of pyridine rings is 1. The summed E-state index contributed by atoms with van der Waals surface area (Å²) in [7, 11) is 1.50. The summed E-state index contributed by atoms with van der Waals surface area (Å²) in [5.74, 6) is 1.50. The van der Waals surface area contributed by atoms with Gasteiger partial charge >= 0.3 is 6.03 Å². The van der Waals surface area contributed by atoms with E-state index in [1.54, 1.807) is 29.3 Å². The lowest BCUT2D eigenvalue weighted by Crippen LogP contribution is -2.38. The minimum atomic E-state index is -0.199. The van der Waals surface area contributed by atoms with E-state index < -0.39 is 0 Å². The molecule has 3 heterocycles. The van der Waals surface area contributed by atoms with Crippen LogP contribution < -0.4 is 19.7 Å². The molecule has 0 aliphatic carbocycles. The monoisotopic (exact) mass is 406 g/mol. The highest BCUT2D eigenvalue weighted by atomic mass is 35.5. The minimum absolute atomic E-state index is 0.199. The topological polar surface area (TPSA) is 92.7 Å². The maximum absolute atomic E-state index is 12.7. The summed E-state index contributed by atoms with van der Waals surface area (Å²) in [6.45, 7) is 5.02. The summed E-state index contributed by atoms with van der Waals surface area (Å²) in [6.07, 6.45) is 2.49. The molecule has 0 aromatic carbocycles. The molecule has 1 aliphatic rings. The number of methoxy groups -OCH3 is 1. The highest BCUT2D eigenvalue weighted by Crippen LogP contribution is 2.21. The van der Waals surface area contributed by atoms with Gasteiger partial charge in [0.1, 0.15) is 5.15 Å². The zero-order valence-electron chi connectivity index (χ0n) is 15.9. The van der Waals surface area contributed by atoms with Gasteiger partial charge in [-0.3, -0.25) is 0 Å². The number of urea groups is 1. The Bertz CT molecular complexity index is 822. The molecule has 1 saturated heterocycles. The molecular weight excluding hydrogens is 384 g/mol. The van der Waals surface area contributed by atoms with Crippen molar-refractivity contribution in [3.8, 4) is 11.8 Å². The first-order valence-electron chi connectivity index (χ1n) is 9.07. The molecule has 0 unspecified atom stereocenters. The van der Waals surface area contributed by atoms with E-state index in [2.05, 4.69) is 25.2 Å². The molecule has 2 amide bonds. The second-order valence-corrected chi connectivity index (χ2v) is 6.49. The Morgan fingerprint density at radius 1 is 1.21 bits per heavy atom. The molecule has 28 heavy (non-hydrogen) atoms. The number of rotatable bonds is 5. The third-order valence-electron chi connectivity index (χ3n) is 4.21. The molecule has 2 aromatic heterocycles. The van der Waals surface area contributed by atoms with E-state index >= 15 is 0 Å². The molecule has 1 N–H and O–H groups in total. The second-order valence-electron chi connectivity index (χ2n) is 6.11. The molecule has 1 aliphatic heterocycles. The van der Waals surface area contributed by atoms with Crippen LogP contribution in [0, 0.1) is 0 Å². The summed E-state index contributed by atoms with van der Waals surface area (Å²) in [4.78, 5) is 29.2. The minimum Gasteiger partial charge on any atom is -0.481 e. The Balaban J connectivity index is 1.62. The van der Waals surface area contributed by atoms with Crippen LogP contribution in [-0.2, 0) is 0 Å². The average molecular weight is 407 g/mol. The Morgan fingerprint density at radius 2 is 2.07 bits per heavy atom. The molecule has 0 bridgehead atoms. The number of ether oxygens (including phenoxy) is 2. The highest BCUT2D eigenvalue weighted by Gasteiger charge is 2.21. The van der Waals surface area contributed by atoms with Crippen molar-refractivity contribution >= 4 is 29.3 Å². The number of nitrogens with one attached hydrogen (secondary N) is 1. The number of nitrogens with zero attached hydrogens (tertiary/aromatic N) is 5. The summed E-state index contributed by atoms with van der Waals surface area (Å²) < 4.78 is 10.5. The number of carbonyl (C=O) groups excluding carboxylic acids is 1. The van der Waals surface area contributed by atoms with Crippen molar-refractivity contribution in [3.05, 3.63) is 29.5 Å². The Kier molecular flexibility index (Phi) is 6.70. The van der Waals surface area contributed by atoms with Gasteiger partial charge in [0.25, 0.3) is 0 Å². The van der Waals surface area contributed by atoms with Crippen molar-refractivity contribution in [3.63, 3.8) is 0 Å². The van der Waals surface area contributed by atoms with Gasteiger partial charge in [-0.05, 0) is 19.4 Å². The SMILES string of the molecule is CCOc1ccnc(N2CCCN(C(=O)Nc3cc(Cl)nc(OC)c3)CC2)n1. The first-order chi connectivity index (χ1) is 13.6. The second kappa shape index (κ2) is 9.41. The summed E-state index contributed by atoms with van der Waals surface area (Å²) in [5, 5.41) is 3.10. The van der Waals surface area contributed by atoms with E-state index in [1.165, 1.54) is 7.11 Å². The zero-order valence-corrected chi connectivity index (χ0v) is 16.6. The number of carbonyl (C=O) groups is 1. The predicted octanol–water partition coefficient (Wildman–Crippen LogP) is 2.68. The van der Waals surface area contributed by atoms with E-state index in [0.29, 0.717) is 49.6 Å². The van der Waals surface area contributed by atoms with Gasteiger partial charge in [0.2, 0.25) is 17.7 Å². The summed E-state index contributed by atoms with van der Waals surface area (Å²) in [6, 6.07) is 4.74. The Morgan fingerprint density at radius 3 is 2.86 bits per heavy atom. The molecule has 9 nitrogen and oxygen atoms in total. The van der Waals surface area contributed by atoms with E-state index in [-0.39, 0.29) is 11.2 Å². The molecular formula is C18H23ClN6O3. The Hall–Kier alpha value is -2.81. The molecule has 0 radical (unpaired) electrons. The quantitative estimate of drug-likeness (QED) is 0.763. The molecule has 10 heteroatoms. The van der Waals surface area contributed by atoms with Crippen LogP contribution in [0.5, 0.6) is 11.8 Å². The third kappa shape index (κ3) is 5.13. The van der Waals surface area contributed by atoms with Crippen LogP contribution in [0.4, 0.5) is 16.4 Å². The molecule has 150 valence electrons. The molecule has 0 saturated carbocycles. The lowest BCUT2D eigenvalue weighted by atomic mass is 10.4. The largest absolute Gasteiger partial charge is 0.481 e. The first kappa shape index (κ1) is 19.9. The highest BCUT2D eigenvalue weighted by molar-refractivity contribution is 6.29. The van der Waals surface area contributed by atoms with E-state index in [0.717, 1.165) is 13.0 Å². The summed E-state index contributed by atoms with van der Waals surface area (Å²) >= 11 is 5.96. The standard InChI is InChI=1S/C18H23ClN6O3/c1-3-28-15-5-6-20-17(23-15)24-7-4-8-25(10-9-24)18(26)21-13-11-14(19)22-16(12-13)27-2/h5-6,11-12H,3-4,7-10H2,1-2H3,(H,21,22,26). The van der Waals surface area contributed by atoms with Crippen molar-refractivity contribution in [2.45, 2.75) is 13.3 Å². The van der Waals surface area contributed by atoms with Crippen molar-refractivity contribution in [2.24, 2.45) is 0 Å². The van der Waals surface area contributed by atoms with Crippen molar-refractivity contribution in [2.75, 3.05) is 50.1 Å². The fourth-order valence-corrected chi connectivity index (χ4v) is 3.09. The number of amides is 2. The van der Waals surface area contributed by atoms with Crippen molar-refractivity contribution in [1.82, 2.24) is 19.9 Å². The smallest absolute Gasteiger partial charge is 0.321 e. The lowest BCUT2D eigenvalue weighted by molar-refractivity contribution is 0.215. The number of aromatic nitrogens is 3. The van der Waals surface area contributed by atoms with Crippen LogP contribution in [0.25, 0.3) is 0 Å². The van der Waals surface area contributed by atoms with E-state index in [9.17, 15) is 4.79 Å². The third-order valence-corrected chi connectivity index (χ3v) is 4.40. The number of hydrogen-bond donors (Lipinski definition) is 1. The first-order valence-corrected chi connectivity index (χ1v) is 9.45. The van der Waals surface area contributed by atoms with E-state index in [1.807, 2.05) is 6.92 Å². The molecule has 0 atom stereocenters. The van der Waals surface area contributed by atoms with Gasteiger partial charge < -0.3 is 24.6 Å². The fourth-order valence-electron chi connectivity index (χ4n) is 2.89. The van der Waals surface area contributed by atoms with Gasteiger partial charge in [0.15, 0.2) is 0 Å². The lowest BCUT2D eigenvalue weighted by Gasteiger charge is -2.22. The number of halogens is 1. The van der Waals surface area contributed by atoms with Gasteiger partial charge in [-0.25, -0.2) is 14.8 Å². The van der Waals surface area contributed by atoms with Crippen LogP contribution in [0.3, 0.4) is 0 Å². The maximum atomic E-state index is 12.7. The Labute approximate surface area is 168 Å². The van der Waals surface area contributed by atoms with Gasteiger partial charge in [0.05, 0.1) is 19.4 Å². The normalized spacial score (nSPS) is 14.4. The molecule has 3 rings (SSSR count). The number of anilines is 2. The molecule has 1 fully saturated rings. The molecule has 0 spiro atoms. The predicted molar refractivity (Wildman–Crippen MR) is 106 cm³/mol. The summed E-state index contributed by atoms with van der Waals surface area (Å²) in [5.41, 5.74) is 0.538. The van der Waals surface area contributed by atoms with Gasteiger partial charge in [-0.1, -0.05) is 11.6 Å². The van der Waals surface area contributed by atoms with Gasteiger partial charge in [0, 0.05) is 44.5 Å². The van der Waals surface area contributed by atoms with Crippen molar-refractivity contribution in [1.29, 1.82) is 0 Å². The maximum Gasteiger partial charge on any atom is 0.321 e. The zero-order chi connectivity index (χ0) is 19.9. The van der Waals surface area contributed by atoms with Crippen molar-refractivity contribution < 1.29 is 14.3 Å². The van der Waals surface area contributed by atoms with Crippen LogP contribution in [0.2, 0.25) is 5.15 Å². The van der Waals surface area contributed by atoms with Crippen LogP contribution in [-0.4, -0.2) is 65.8 Å². The van der Waals surface area contributed by atoms with Gasteiger partial charge in [-0.15, -0.1) is 0 Å². The van der Waals surface area contributed by atoms with E-state index in [4.69, 9.17) is 21.1 Å². The number of hydrogen-bond acceptors (Lipinski definition) is 7. The average Bonchev–Trinajstić information content (AvgIpc) is 2.94. The molecule has 2 aromatic rings. The van der Waals surface area contributed by atoms with Crippen LogP contribution in [0.15, 0.2) is 24.4 Å². The van der Waals surface area contributed by atoms with Crippen LogP contribution >= 0.6 is 11.6 Å².